The molecule has 188 valence electrons. The van der Waals surface area contributed by atoms with Gasteiger partial charge in [0.15, 0.2) is 23.8 Å². The van der Waals surface area contributed by atoms with Crippen LogP contribution in [0.2, 0.25) is 0 Å². The number of methoxy groups -OCH3 is 1. The number of nitrogens with one attached hydrogen (secondary N) is 1. The number of nitrogens with zero attached hydrogens (tertiary/aromatic N) is 5. The number of piperidine rings is 1. The number of nitrogens with two attached hydrogens (primary N) is 1. The predicted octanol–water partition coefficient (Wildman–Crippen LogP) is -0.616. The number of likely N-dealkylation sites (tertiary alicyclic amines) is 1. The number of imidazole rings is 1. The summed E-state index contributed by atoms with van der Waals surface area (Å²) in [6.45, 7) is 3.35. The van der Waals surface area contributed by atoms with Crippen molar-refractivity contribution in [2.24, 2.45) is 5.92 Å². The van der Waals surface area contributed by atoms with E-state index in [1.165, 1.54) is 18.0 Å². The van der Waals surface area contributed by atoms with Gasteiger partial charge in [-0.25, -0.2) is 19.7 Å². The number of ether oxygens (including phenoxy) is 2. The number of carbonyl (C=O) groups is 2. The first-order chi connectivity index (χ1) is 16.8. The van der Waals surface area contributed by atoms with Crippen molar-refractivity contribution in [1.82, 2.24) is 29.7 Å². The number of anilines is 1. The number of hydrogen-bond acceptors (Lipinski definition) is 10. The second-order valence-corrected chi connectivity index (χ2v) is 8.49. The number of aliphatic hydroxyl groups excluding tert-OH is 2. The molecule has 35 heavy (non-hydrogen) atoms. The third kappa shape index (κ3) is 5.00. The van der Waals surface area contributed by atoms with Gasteiger partial charge < -0.3 is 35.6 Å². The molecular formula is C22H29N7O6. The number of nitrogen functional groups attached to an aromatic ring is 1. The van der Waals surface area contributed by atoms with Gasteiger partial charge in [-0.15, -0.1) is 0 Å². The SMILES string of the molecule is CCNC(=O)C1OC(n2cnc3c(N)nc(C#CCC4CCN(C(=O)OC)CC4)nc32)C(O)C1O. The van der Waals surface area contributed by atoms with E-state index in [9.17, 15) is 19.8 Å². The van der Waals surface area contributed by atoms with Crippen molar-refractivity contribution in [2.75, 3.05) is 32.5 Å². The van der Waals surface area contributed by atoms with Crippen molar-refractivity contribution >= 4 is 29.0 Å². The van der Waals surface area contributed by atoms with Gasteiger partial charge in [-0.2, -0.15) is 0 Å². The first kappa shape index (κ1) is 24.6. The van der Waals surface area contributed by atoms with Crippen LogP contribution in [0.3, 0.4) is 0 Å². The number of amides is 2. The van der Waals surface area contributed by atoms with Crippen LogP contribution in [0.25, 0.3) is 11.2 Å². The summed E-state index contributed by atoms with van der Waals surface area (Å²) in [5.41, 5.74) is 6.61. The Morgan fingerprint density at radius 2 is 2.03 bits per heavy atom. The molecule has 0 aliphatic carbocycles. The molecule has 4 unspecified atom stereocenters. The van der Waals surface area contributed by atoms with Crippen LogP contribution in [-0.4, -0.2) is 91.7 Å². The van der Waals surface area contributed by atoms with Crippen LogP contribution < -0.4 is 11.1 Å². The van der Waals surface area contributed by atoms with E-state index >= 15 is 0 Å². The highest BCUT2D eigenvalue weighted by Gasteiger charge is 2.47. The van der Waals surface area contributed by atoms with E-state index in [-0.39, 0.29) is 28.9 Å². The molecule has 2 fully saturated rings. The van der Waals surface area contributed by atoms with Crippen molar-refractivity contribution in [3.05, 3.63) is 12.2 Å². The van der Waals surface area contributed by atoms with Gasteiger partial charge in [0.1, 0.15) is 17.7 Å². The molecule has 2 aromatic heterocycles. The molecule has 4 rings (SSSR count). The van der Waals surface area contributed by atoms with Crippen LogP contribution >= 0.6 is 0 Å². The fourth-order valence-corrected chi connectivity index (χ4v) is 4.28. The molecule has 0 radical (unpaired) electrons. The largest absolute Gasteiger partial charge is 0.453 e. The van der Waals surface area contributed by atoms with Crippen molar-refractivity contribution < 1.29 is 29.3 Å². The summed E-state index contributed by atoms with van der Waals surface area (Å²) in [5.74, 6) is 6.11. The van der Waals surface area contributed by atoms with Gasteiger partial charge in [0.25, 0.3) is 5.91 Å². The molecule has 0 saturated carbocycles. The van der Waals surface area contributed by atoms with Crippen LogP contribution in [0.4, 0.5) is 10.6 Å². The summed E-state index contributed by atoms with van der Waals surface area (Å²) in [4.78, 5) is 38.3. The third-order valence-corrected chi connectivity index (χ3v) is 6.21. The molecule has 2 amide bonds. The molecule has 4 atom stereocenters. The number of aromatic nitrogens is 4. The molecule has 2 aliphatic heterocycles. The van der Waals surface area contributed by atoms with Crippen LogP contribution in [-0.2, 0) is 14.3 Å². The van der Waals surface area contributed by atoms with Gasteiger partial charge in [-0.05, 0) is 31.6 Å². The zero-order chi connectivity index (χ0) is 25.1. The van der Waals surface area contributed by atoms with E-state index in [4.69, 9.17) is 15.2 Å². The van der Waals surface area contributed by atoms with Gasteiger partial charge in [0.05, 0.1) is 13.4 Å². The van der Waals surface area contributed by atoms with Crippen molar-refractivity contribution in [3.8, 4) is 11.8 Å². The van der Waals surface area contributed by atoms with E-state index in [1.54, 1.807) is 11.8 Å². The average Bonchev–Trinajstić information content (AvgIpc) is 3.40. The Morgan fingerprint density at radius 3 is 2.71 bits per heavy atom. The van der Waals surface area contributed by atoms with Crippen LogP contribution in [0.1, 0.15) is 38.2 Å². The second-order valence-electron chi connectivity index (χ2n) is 8.49. The number of hydrogen-bond donors (Lipinski definition) is 4. The number of carbonyl (C=O) groups excluding carboxylic acids is 2. The molecule has 13 heteroatoms. The fourth-order valence-electron chi connectivity index (χ4n) is 4.28. The van der Waals surface area contributed by atoms with E-state index in [0.717, 1.165) is 12.8 Å². The molecule has 0 bridgehead atoms. The van der Waals surface area contributed by atoms with Gasteiger partial charge in [-0.3, -0.25) is 9.36 Å². The Bertz CT molecular complexity index is 1150. The standard InChI is InChI=1S/C22H29N7O6/c1-3-24-20(32)17-15(30)16(31)21(35-17)29-11-25-14-18(23)26-13(27-19(14)29)6-4-5-12-7-9-28(10-8-12)22(33)34-2/h11-12,15-17,21,30-31H,3,5,7-10H2,1-2H3,(H,24,32)(H2,23,26,27). The lowest BCUT2D eigenvalue weighted by Crippen LogP contribution is -2.42. The molecular weight excluding hydrogens is 458 g/mol. The van der Waals surface area contributed by atoms with Crippen molar-refractivity contribution in [2.45, 2.75) is 50.7 Å². The maximum atomic E-state index is 12.2. The van der Waals surface area contributed by atoms with E-state index in [2.05, 4.69) is 32.1 Å². The molecule has 2 aliphatic rings. The zero-order valence-corrected chi connectivity index (χ0v) is 19.5. The third-order valence-electron chi connectivity index (χ3n) is 6.21. The predicted molar refractivity (Wildman–Crippen MR) is 123 cm³/mol. The van der Waals surface area contributed by atoms with Gasteiger partial charge in [0.2, 0.25) is 5.82 Å². The Kier molecular flexibility index (Phi) is 7.34. The number of likely N-dealkylation sites (N-methyl/N-ethyl adjacent to an activating group) is 1. The Balaban J connectivity index is 1.49. The molecule has 13 nitrogen and oxygen atoms in total. The number of fused-ring (bicyclic) bond motifs is 1. The highest BCUT2D eigenvalue weighted by Crippen LogP contribution is 2.32. The molecule has 2 saturated heterocycles. The smallest absolute Gasteiger partial charge is 0.409 e. The summed E-state index contributed by atoms with van der Waals surface area (Å²) in [5, 5.41) is 23.4. The summed E-state index contributed by atoms with van der Waals surface area (Å²) in [7, 11) is 1.37. The van der Waals surface area contributed by atoms with Gasteiger partial charge >= 0.3 is 6.09 Å². The number of rotatable bonds is 4. The van der Waals surface area contributed by atoms with E-state index < -0.39 is 30.4 Å². The fraction of sp³-hybridized carbons (Fsp3) is 0.591. The zero-order valence-electron chi connectivity index (χ0n) is 19.5. The Hall–Kier alpha value is -3.47. The minimum Gasteiger partial charge on any atom is -0.453 e. The van der Waals surface area contributed by atoms with E-state index in [1.807, 2.05) is 0 Å². The monoisotopic (exact) mass is 487 g/mol. The molecule has 4 heterocycles. The quantitative estimate of drug-likeness (QED) is 0.406. The minimum absolute atomic E-state index is 0.109. The first-order valence-electron chi connectivity index (χ1n) is 11.4. The van der Waals surface area contributed by atoms with E-state index in [0.29, 0.717) is 32.0 Å². The highest BCUT2D eigenvalue weighted by molar-refractivity contribution is 5.83. The molecule has 0 spiro atoms. The van der Waals surface area contributed by atoms with Crippen LogP contribution in [0, 0.1) is 17.8 Å². The maximum absolute atomic E-state index is 12.2. The maximum Gasteiger partial charge on any atom is 0.409 e. The molecule has 2 aromatic rings. The summed E-state index contributed by atoms with van der Waals surface area (Å²) in [6.07, 6.45) is -1.84. The lowest BCUT2D eigenvalue weighted by molar-refractivity contribution is -0.137. The normalized spacial score (nSPS) is 24.7. The van der Waals surface area contributed by atoms with Gasteiger partial charge in [0, 0.05) is 26.1 Å². The first-order valence-corrected chi connectivity index (χ1v) is 11.4. The van der Waals surface area contributed by atoms with Crippen molar-refractivity contribution in [3.63, 3.8) is 0 Å². The Morgan fingerprint density at radius 1 is 1.29 bits per heavy atom. The Labute approximate surface area is 201 Å². The number of aliphatic hydroxyl groups is 2. The summed E-state index contributed by atoms with van der Waals surface area (Å²) >= 11 is 0. The topological polar surface area (TPSA) is 178 Å². The van der Waals surface area contributed by atoms with Crippen LogP contribution in [0.15, 0.2) is 6.33 Å². The lowest BCUT2D eigenvalue weighted by atomic mass is 9.94. The van der Waals surface area contributed by atoms with Crippen LogP contribution in [0.5, 0.6) is 0 Å². The second kappa shape index (κ2) is 10.4. The minimum atomic E-state index is -1.42. The summed E-state index contributed by atoms with van der Waals surface area (Å²) < 4.78 is 11.8. The lowest BCUT2D eigenvalue weighted by Gasteiger charge is -2.29. The average molecular weight is 488 g/mol. The molecule has 5 N–H and O–H groups in total. The van der Waals surface area contributed by atoms with Gasteiger partial charge in [-0.1, -0.05) is 5.92 Å². The summed E-state index contributed by atoms with van der Waals surface area (Å²) in [6, 6.07) is 0. The molecule has 0 aromatic carbocycles. The van der Waals surface area contributed by atoms with Crippen molar-refractivity contribution in [1.29, 1.82) is 0 Å². The highest BCUT2D eigenvalue weighted by atomic mass is 16.6.